The van der Waals surface area contributed by atoms with Crippen LogP contribution in [0.4, 0.5) is 17.3 Å². The predicted molar refractivity (Wildman–Crippen MR) is 102 cm³/mol. The predicted octanol–water partition coefficient (Wildman–Crippen LogP) is 3.76. The first kappa shape index (κ1) is 17.2. The van der Waals surface area contributed by atoms with Gasteiger partial charge in [0.25, 0.3) is 0 Å². The number of hydrogen-bond acceptors (Lipinski definition) is 6. The third-order valence-corrected chi connectivity index (χ3v) is 3.81. The van der Waals surface area contributed by atoms with Crippen LogP contribution in [-0.2, 0) is 6.42 Å². The minimum atomic E-state index is 0.623. The van der Waals surface area contributed by atoms with E-state index in [1.807, 2.05) is 36.4 Å². The molecule has 0 aliphatic rings. The molecule has 3 aromatic rings. The van der Waals surface area contributed by atoms with Crippen LogP contribution < -0.4 is 15.4 Å². The summed E-state index contributed by atoms with van der Waals surface area (Å²) in [6.45, 7) is 0.750. The lowest BCUT2D eigenvalue weighted by atomic mass is 10.1. The van der Waals surface area contributed by atoms with Crippen LogP contribution in [0.5, 0.6) is 5.75 Å². The number of methoxy groups -OCH3 is 1. The highest BCUT2D eigenvalue weighted by molar-refractivity contribution is 5.59. The van der Waals surface area contributed by atoms with Gasteiger partial charge in [0.05, 0.1) is 18.7 Å². The molecular weight excluding hydrogens is 326 g/mol. The average Bonchev–Trinajstić information content (AvgIpc) is 2.69. The van der Waals surface area contributed by atoms with Crippen LogP contribution >= 0.6 is 0 Å². The molecule has 0 atom stereocenters. The lowest BCUT2D eigenvalue weighted by Crippen LogP contribution is -2.07. The first-order chi connectivity index (χ1) is 12.8. The largest absolute Gasteiger partial charge is 0.497 e. The van der Waals surface area contributed by atoms with Gasteiger partial charge in [0.15, 0.2) is 0 Å². The Morgan fingerprint density at radius 3 is 2.62 bits per heavy atom. The van der Waals surface area contributed by atoms with E-state index in [0.717, 1.165) is 30.2 Å². The van der Waals surface area contributed by atoms with Gasteiger partial charge < -0.3 is 15.4 Å². The van der Waals surface area contributed by atoms with Crippen LogP contribution in [0.2, 0.25) is 0 Å². The van der Waals surface area contributed by atoms with Gasteiger partial charge in [-0.2, -0.15) is 5.26 Å². The molecule has 0 saturated carbocycles. The summed E-state index contributed by atoms with van der Waals surface area (Å²) in [5.74, 6) is 2.30. The number of nitriles is 1. The Kier molecular flexibility index (Phi) is 5.63. The van der Waals surface area contributed by atoms with Crippen molar-refractivity contribution < 1.29 is 4.74 Å². The molecule has 26 heavy (non-hydrogen) atoms. The molecule has 0 aliphatic heterocycles. The fourth-order valence-corrected chi connectivity index (χ4v) is 2.46. The standard InChI is InChI=1S/C20H19N5O/c1-26-18-4-2-3-15(11-18)9-10-22-19-12-20(24-14-23-19)25-17-7-5-16(13-21)6-8-17/h2-8,11-12,14H,9-10H2,1H3,(H2,22,23,24,25). The van der Waals surface area contributed by atoms with Crippen molar-refractivity contribution in [2.45, 2.75) is 6.42 Å². The van der Waals surface area contributed by atoms with Crippen molar-refractivity contribution in [1.82, 2.24) is 9.97 Å². The van der Waals surface area contributed by atoms with Gasteiger partial charge >= 0.3 is 0 Å². The molecule has 0 fully saturated rings. The zero-order valence-electron chi connectivity index (χ0n) is 14.4. The zero-order valence-corrected chi connectivity index (χ0v) is 14.4. The van der Waals surface area contributed by atoms with Crippen molar-refractivity contribution in [2.24, 2.45) is 0 Å². The number of ether oxygens (including phenoxy) is 1. The van der Waals surface area contributed by atoms with E-state index in [0.29, 0.717) is 11.4 Å². The lowest BCUT2D eigenvalue weighted by Gasteiger charge is -2.09. The SMILES string of the molecule is COc1cccc(CCNc2cc(Nc3ccc(C#N)cc3)ncn2)c1. The quantitative estimate of drug-likeness (QED) is 0.678. The Morgan fingerprint density at radius 1 is 1.04 bits per heavy atom. The molecular formula is C20H19N5O. The molecule has 1 aromatic heterocycles. The van der Waals surface area contributed by atoms with E-state index < -0.39 is 0 Å². The van der Waals surface area contributed by atoms with E-state index in [9.17, 15) is 0 Å². The van der Waals surface area contributed by atoms with Crippen LogP contribution in [0.15, 0.2) is 60.9 Å². The molecule has 3 rings (SSSR count). The van der Waals surface area contributed by atoms with Crippen LogP contribution in [0.3, 0.4) is 0 Å². The van der Waals surface area contributed by atoms with Crippen molar-refractivity contribution in [3.63, 3.8) is 0 Å². The Bertz CT molecular complexity index is 903. The summed E-state index contributed by atoms with van der Waals surface area (Å²) in [6, 6.07) is 19.2. The smallest absolute Gasteiger partial charge is 0.135 e. The third kappa shape index (κ3) is 4.71. The van der Waals surface area contributed by atoms with Gasteiger partial charge in [0, 0.05) is 18.3 Å². The monoisotopic (exact) mass is 345 g/mol. The average molecular weight is 345 g/mol. The van der Waals surface area contributed by atoms with Crippen molar-refractivity contribution in [2.75, 3.05) is 24.3 Å². The summed E-state index contributed by atoms with van der Waals surface area (Å²) >= 11 is 0. The Hall–Kier alpha value is -3.59. The van der Waals surface area contributed by atoms with Crippen molar-refractivity contribution in [3.8, 4) is 11.8 Å². The highest BCUT2D eigenvalue weighted by atomic mass is 16.5. The molecule has 6 heteroatoms. The first-order valence-corrected chi connectivity index (χ1v) is 8.23. The molecule has 1 heterocycles. The molecule has 6 nitrogen and oxygen atoms in total. The minimum Gasteiger partial charge on any atom is -0.497 e. The maximum absolute atomic E-state index is 8.84. The van der Waals surface area contributed by atoms with Crippen molar-refractivity contribution in [1.29, 1.82) is 5.26 Å². The van der Waals surface area contributed by atoms with E-state index in [1.54, 1.807) is 19.2 Å². The molecule has 0 saturated heterocycles. The second kappa shape index (κ2) is 8.49. The van der Waals surface area contributed by atoms with E-state index in [2.05, 4.69) is 32.7 Å². The number of nitrogens with one attached hydrogen (secondary N) is 2. The number of hydrogen-bond donors (Lipinski definition) is 2. The molecule has 130 valence electrons. The van der Waals surface area contributed by atoms with Crippen LogP contribution in [0, 0.1) is 11.3 Å². The zero-order chi connectivity index (χ0) is 18.2. The van der Waals surface area contributed by atoms with E-state index in [-0.39, 0.29) is 0 Å². The Labute approximate surface area is 152 Å². The summed E-state index contributed by atoms with van der Waals surface area (Å²) < 4.78 is 5.24. The number of benzene rings is 2. The van der Waals surface area contributed by atoms with Crippen LogP contribution in [0.1, 0.15) is 11.1 Å². The van der Waals surface area contributed by atoms with E-state index >= 15 is 0 Å². The summed E-state index contributed by atoms with van der Waals surface area (Å²) in [4.78, 5) is 8.47. The molecule has 0 unspecified atom stereocenters. The molecule has 0 bridgehead atoms. The van der Waals surface area contributed by atoms with Gasteiger partial charge in [-0.1, -0.05) is 12.1 Å². The topological polar surface area (TPSA) is 82.9 Å². The number of anilines is 3. The first-order valence-electron chi connectivity index (χ1n) is 8.23. The number of aromatic nitrogens is 2. The highest BCUT2D eigenvalue weighted by Gasteiger charge is 2.01. The fourth-order valence-electron chi connectivity index (χ4n) is 2.46. The second-order valence-corrected chi connectivity index (χ2v) is 5.63. The van der Waals surface area contributed by atoms with Gasteiger partial charge in [-0.25, -0.2) is 9.97 Å². The maximum atomic E-state index is 8.84. The number of rotatable bonds is 7. The fraction of sp³-hybridized carbons (Fsp3) is 0.150. The van der Waals surface area contributed by atoms with Gasteiger partial charge in [-0.05, 0) is 48.4 Å². The van der Waals surface area contributed by atoms with Gasteiger partial charge in [0.1, 0.15) is 23.7 Å². The van der Waals surface area contributed by atoms with Crippen molar-refractivity contribution in [3.05, 3.63) is 72.1 Å². The molecule has 2 N–H and O–H groups in total. The summed E-state index contributed by atoms with van der Waals surface area (Å²) in [5.41, 5.74) is 2.69. The summed E-state index contributed by atoms with van der Waals surface area (Å²) in [5, 5.41) is 15.3. The van der Waals surface area contributed by atoms with E-state index in [4.69, 9.17) is 10.00 Å². The van der Waals surface area contributed by atoms with Crippen LogP contribution in [0.25, 0.3) is 0 Å². The third-order valence-electron chi connectivity index (χ3n) is 3.81. The van der Waals surface area contributed by atoms with Crippen molar-refractivity contribution >= 4 is 17.3 Å². The Balaban J connectivity index is 1.57. The Morgan fingerprint density at radius 2 is 1.85 bits per heavy atom. The van der Waals surface area contributed by atoms with Gasteiger partial charge in [-0.3, -0.25) is 0 Å². The summed E-state index contributed by atoms with van der Waals surface area (Å²) in [6.07, 6.45) is 2.37. The molecule has 2 aromatic carbocycles. The maximum Gasteiger partial charge on any atom is 0.135 e. The molecule has 0 aliphatic carbocycles. The lowest BCUT2D eigenvalue weighted by molar-refractivity contribution is 0.414. The highest BCUT2D eigenvalue weighted by Crippen LogP contribution is 2.17. The van der Waals surface area contributed by atoms with Gasteiger partial charge in [0.2, 0.25) is 0 Å². The van der Waals surface area contributed by atoms with Crippen LogP contribution in [-0.4, -0.2) is 23.6 Å². The molecule has 0 radical (unpaired) electrons. The molecule has 0 spiro atoms. The minimum absolute atomic E-state index is 0.623. The second-order valence-electron chi connectivity index (χ2n) is 5.63. The van der Waals surface area contributed by atoms with E-state index in [1.165, 1.54) is 11.9 Å². The number of nitrogens with zero attached hydrogens (tertiary/aromatic N) is 3. The van der Waals surface area contributed by atoms with Gasteiger partial charge in [-0.15, -0.1) is 0 Å². The normalized spacial score (nSPS) is 10.0. The molecule has 0 amide bonds. The summed E-state index contributed by atoms with van der Waals surface area (Å²) in [7, 11) is 1.67.